The van der Waals surface area contributed by atoms with Crippen LogP contribution in [0.4, 0.5) is 0 Å². The smallest absolute Gasteiger partial charge is 0.179 e. The van der Waals surface area contributed by atoms with Crippen LogP contribution in [0.5, 0.6) is 0 Å². The molecule has 0 aromatic carbocycles. The van der Waals surface area contributed by atoms with E-state index in [9.17, 15) is 0 Å². The third-order valence-electron chi connectivity index (χ3n) is 2.28. The Kier molecular flexibility index (Phi) is 2.97. The molecule has 78 valence electrons. The lowest BCUT2D eigenvalue weighted by molar-refractivity contribution is 0.713. The second kappa shape index (κ2) is 4.40. The van der Waals surface area contributed by atoms with Crippen LogP contribution in [0.15, 0.2) is 30.5 Å². The van der Waals surface area contributed by atoms with E-state index in [1.54, 1.807) is 6.20 Å². The number of nitrogens with one attached hydrogen (secondary N) is 1. The number of aromatic nitrogens is 3. The Hall–Kier alpha value is -1.42. The predicted octanol–water partition coefficient (Wildman–Crippen LogP) is 3.06. The summed E-state index contributed by atoms with van der Waals surface area (Å²) in [6.45, 7) is 2.90. The number of hydrogen-bond acceptors (Lipinski definition) is 2. The molecule has 0 aliphatic rings. The van der Waals surface area contributed by atoms with Crippen LogP contribution in [0.25, 0.3) is 11.2 Å². The summed E-state index contributed by atoms with van der Waals surface area (Å²) in [6.07, 6.45) is 6.95. The molecule has 4 heteroatoms. The fourth-order valence-corrected chi connectivity index (χ4v) is 1.85. The maximum Gasteiger partial charge on any atom is 0.179 e. The van der Waals surface area contributed by atoms with Crippen molar-refractivity contribution in [1.82, 2.24) is 14.5 Å². The van der Waals surface area contributed by atoms with Gasteiger partial charge in [0, 0.05) is 12.7 Å². The first kappa shape index (κ1) is 10.1. The Bertz CT molecular complexity index is 536. The summed E-state index contributed by atoms with van der Waals surface area (Å²) < 4.78 is 2.78. The number of allylic oxidation sites excluding steroid dienone is 2. The van der Waals surface area contributed by atoms with Gasteiger partial charge in [-0.05, 0) is 37.7 Å². The highest BCUT2D eigenvalue weighted by molar-refractivity contribution is 7.71. The topological polar surface area (TPSA) is 33.6 Å². The van der Waals surface area contributed by atoms with Crippen molar-refractivity contribution in [1.29, 1.82) is 0 Å². The molecule has 0 spiro atoms. The van der Waals surface area contributed by atoms with Gasteiger partial charge in [-0.25, -0.2) is 4.98 Å². The Labute approximate surface area is 93.5 Å². The van der Waals surface area contributed by atoms with Gasteiger partial charge >= 0.3 is 0 Å². The average molecular weight is 219 g/mol. The first-order chi connectivity index (χ1) is 7.33. The molecule has 2 aromatic heterocycles. The standard InChI is InChI=1S/C11H13N3S/c1-2-3-4-8-14-10-9(13-11(14)15)6-5-7-12-10/h2-3,5-7H,4,8H2,1H3,(H,13,15)/b3-2+. The van der Waals surface area contributed by atoms with Crippen molar-refractivity contribution in [3.63, 3.8) is 0 Å². The van der Waals surface area contributed by atoms with Crippen molar-refractivity contribution in [3.8, 4) is 0 Å². The highest BCUT2D eigenvalue weighted by Crippen LogP contribution is 2.11. The zero-order chi connectivity index (χ0) is 10.7. The van der Waals surface area contributed by atoms with Gasteiger partial charge in [-0.3, -0.25) is 0 Å². The summed E-state index contributed by atoms with van der Waals surface area (Å²) in [5.74, 6) is 0. The molecule has 15 heavy (non-hydrogen) atoms. The van der Waals surface area contributed by atoms with Crippen LogP contribution in [0, 0.1) is 4.77 Å². The van der Waals surface area contributed by atoms with E-state index in [1.807, 2.05) is 29.7 Å². The summed E-state index contributed by atoms with van der Waals surface area (Å²) in [7, 11) is 0. The van der Waals surface area contributed by atoms with E-state index < -0.39 is 0 Å². The molecule has 0 aliphatic heterocycles. The number of nitrogens with zero attached hydrogens (tertiary/aromatic N) is 2. The zero-order valence-corrected chi connectivity index (χ0v) is 9.42. The van der Waals surface area contributed by atoms with Gasteiger partial charge in [0.15, 0.2) is 10.4 Å². The van der Waals surface area contributed by atoms with E-state index in [0.717, 1.165) is 28.9 Å². The lowest BCUT2D eigenvalue weighted by atomic mass is 10.4. The first-order valence-electron chi connectivity index (χ1n) is 4.97. The highest BCUT2D eigenvalue weighted by Gasteiger charge is 2.02. The number of imidazole rings is 1. The molecule has 0 amide bonds. The minimum Gasteiger partial charge on any atom is -0.329 e. The monoisotopic (exact) mass is 219 g/mol. The average Bonchev–Trinajstić information content (AvgIpc) is 2.56. The van der Waals surface area contributed by atoms with Crippen LogP contribution >= 0.6 is 12.2 Å². The lowest BCUT2D eigenvalue weighted by Crippen LogP contribution is -1.97. The van der Waals surface area contributed by atoms with Gasteiger partial charge in [0.05, 0.1) is 5.52 Å². The van der Waals surface area contributed by atoms with Crippen molar-refractivity contribution in [2.75, 3.05) is 0 Å². The minimum absolute atomic E-state index is 0.744. The Morgan fingerprint density at radius 2 is 2.47 bits per heavy atom. The molecule has 0 fully saturated rings. The first-order valence-corrected chi connectivity index (χ1v) is 5.38. The maximum atomic E-state index is 5.25. The second-order valence-electron chi connectivity index (χ2n) is 3.31. The minimum atomic E-state index is 0.744. The van der Waals surface area contributed by atoms with Crippen molar-refractivity contribution in [2.24, 2.45) is 0 Å². The zero-order valence-electron chi connectivity index (χ0n) is 8.60. The van der Waals surface area contributed by atoms with E-state index in [-0.39, 0.29) is 0 Å². The summed E-state index contributed by atoms with van der Waals surface area (Å²) >= 11 is 5.25. The highest BCUT2D eigenvalue weighted by atomic mass is 32.1. The molecule has 0 atom stereocenters. The van der Waals surface area contributed by atoms with Crippen molar-refractivity contribution < 1.29 is 0 Å². The third-order valence-corrected chi connectivity index (χ3v) is 2.61. The van der Waals surface area contributed by atoms with Gasteiger partial charge in [0.2, 0.25) is 0 Å². The predicted molar refractivity (Wildman–Crippen MR) is 64.3 cm³/mol. The third kappa shape index (κ3) is 1.99. The van der Waals surface area contributed by atoms with Crippen LogP contribution in [-0.4, -0.2) is 14.5 Å². The number of aryl methyl sites for hydroxylation is 1. The molecule has 0 unspecified atom stereocenters. The van der Waals surface area contributed by atoms with Crippen LogP contribution in [0.1, 0.15) is 13.3 Å². The molecular formula is C11H13N3S. The molecule has 0 aliphatic carbocycles. The Morgan fingerprint density at radius 1 is 1.60 bits per heavy atom. The summed E-state index contributed by atoms with van der Waals surface area (Å²) in [6, 6.07) is 3.90. The number of rotatable bonds is 3. The van der Waals surface area contributed by atoms with E-state index in [0.29, 0.717) is 0 Å². The Morgan fingerprint density at radius 3 is 3.27 bits per heavy atom. The van der Waals surface area contributed by atoms with Gasteiger partial charge in [-0.1, -0.05) is 12.2 Å². The van der Waals surface area contributed by atoms with Crippen molar-refractivity contribution in [3.05, 3.63) is 35.3 Å². The van der Waals surface area contributed by atoms with Gasteiger partial charge in [-0.15, -0.1) is 0 Å². The molecule has 2 rings (SSSR count). The molecule has 0 bridgehead atoms. The van der Waals surface area contributed by atoms with Gasteiger partial charge in [-0.2, -0.15) is 0 Å². The van der Waals surface area contributed by atoms with E-state index in [4.69, 9.17) is 12.2 Å². The molecule has 1 N–H and O–H groups in total. The SMILES string of the molecule is C/C=C/CCn1c(=S)[nH]c2cccnc21. The fourth-order valence-electron chi connectivity index (χ4n) is 1.57. The molecule has 2 aromatic rings. The summed E-state index contributed by atoms with van der Waals surface area (Å²) in [4.78, 5) is 7.47. The van der Waals surface area contributed by atoms with E-state index in [2.05, 4.69) is 16.0 Å². The largest absolute Gasteiger partial charge is 0.329 e. The molecule has 2 heterocycles. The van der Waals surface area contributed by atoms with Crippen molar-refractivity contribution in [2.45, 2.75) is 19.9 Å². The maximum absolute atomic E-state index is 5.25. The van der Waals surface area contributed by atoms with Gasteiger partial charge < -0.3 is 9.55 Å². The van der Waals surface area contributed by atoms with Gasteiger partial charge in [0.1, 0.15) is 0 Å². The van der Waals surface area contributed by atoms with Crippen LogP contribution in [0.3, 0.4) is 0 Å². The molecular weight excluding hydrogens is 206 g/mol. The molecule has 0 radical (unpaired) electrons. The summed E-state index contributed by atoms with van der Waals surface area (Å²) in [5, 5.41) is 0. The van der Waals surface area contributed by atoms with E-state index >= 15 is 0 Å². The molecule has 0 saturated heterocycles. The van der Waals surface area contributed by atoms with E-state index in [1.165, 1.54) is 0 Å². The molecule has 3 nitrogen and oxygen atoms in total. The normalized spacial score (nSPS) is 11.5. The fraction of sp³-hybridized carbons (Fsp3) is 0.273. The number of pyridine rings is 1. The van der Waals surface area contributed by atoms with Gasteiger partial charge in [0.25, 0.3) is 0 Å². The van der Waals surface area contributed by atoms with Crippen molar-refractivity contribution >= 4 is 23.4 Å². The van der Waals surface area contributed by atoms with Crippen LogP contribution in [-0.2, 0) is 6.54 Å². The van der Waals surface area contributed by atoms with Crippen LogP contribution in [0.2, 0.25) is 0 Å². The number of H-pyrrole nitrogens is 1. The number of hydrogen-bond donors (Lipinski definition) is 1. The number of fused-ring (bicyclic) bond motifs is 1. The Balaban J connectivity index is 2.41. The quantitative estimate of drug-likeness (QED) is 0.636. The van der Waals surface area contributed by atoms with Crippen LogP contribution < -0.4 is 0 Å². The molecule has 0 saturated carbocycles. The lowest BCUT2D eigenvalue weighted by Gasteiger charge is -1.99. The number of aromatic amines is 1. The summed E-state index contributed by atoms with van der Waals surface area (Å²) in [5.41, 5.74) is 1.94. The second-order valence-corrected chi connectivity index (χ2v) is 3.70.